The van der Waals surface area contributed by atoms with E-state index < -0.39 is 0 Å². The van der Waals surface area contributed by atoms with Crippen LogP contribution in [0, 0.1) is 0 Å². The Morgan fingerprint density at radius 3 is 3.00 bits per heavy atom. The highest BCUT2D eigenvalue weighted by molar-refractivity contribution is 9.09. The van der Waals surface area contributed by atoms with Gasteiger partial charge in [0.25, 0.3) is 0 Å². The van der Waals surface area contributed by atoms with Gasteiger partial charge in [0.15, 0.2) is 0 Å². The molecule has 15 heavy (non-hydrogen) atoms. The van der Waals surface area contributed by atoms with Gasteiger partial charge in [-0.1, -0.05) is 15.9 Å². The highest BCUT2D eigenvalue weighted by Gasteiger charge is 2.16. The average molecular weight is 280 g/mol. The fraction of sp³-hybridized carbons (Fsp3) is 1.00. The van der Waals surface area contributed by atoms with E-state index in [9.17, 15) is 0 Å². The Hall–Kier alpha value is 0.360. The largest absolute Gasteiger partial charge is 0.383 e. The van der Waals surface area contributed by atoms with Gasteiger partial charge in [-0.25, -0.2) is 0 Å². The highest BCUT2D eigenvalue weighted by atomic mass is 79.9. The van der Waals surface area contributed by atoms with Gasteiger partial charge in [0.2, 0.25) is 0 Å². The SMILES string of the molecule is COCC(Br)CN(C)CCC1CCCO1. The molecule has 2 unspecified atom stereocenters. The number of ether oxygens (including phenoxy) is 2. The number of halogens is 1. The Balaban J connectivity index is 2.04. The fourth-order valence-electron chi connectivity index (χ4n) is 1.90. The van der Waals surface area contributed by atoms with Crippen molar-refractivity contribution in [2.75, 3.05) is 40.5 Å². The van der Waals surface area contributed by atoms with E-state index in [0.717, 1.165) is 32.7 Å². The summed E-state index contributed by atoms with van der Waals surface area (Å²) in [5.74, 6) is 0. The number of methoxy groups -OCH3 is 1. The van der Waals surface area contributed by atoms with Crippen molar-refractivity contribution < 1.29 is 9.47 Å². The summed E-state index contributed by atoms with van der Waals surface area (Å²) in [6, 6.07) is 0. The Labute approximate surface area is 101 Å². The van der Waals surface area contributed by atoms with Crippen molar-refractivity contribution in [3.8, 4) is 0 Å². The third kappa shape index (κ3) is 5.85. The molecule has 0 saturated carbocycles. The first kappa shape index (κ1) is 13.4. The van der Waals surface area contributed by atoms with Crippen LogP contribution in [0.15, 0.2) is 0 Å². The summed E-state index contributed by atoms with van der Waals surface area (Å²) >= 11 is 3.59. The molecule has 1 aliphatic heterocycles. The first-order valence-electron chi connectivity index (χ1n) is 5.65. The van der Waals surface area contributed by atoms with Gasteiger partial charge in [-0.05, 0) is 26.3 Å². The summed E-state index contributed by atoms with van der Waals surface area (Å²) in [6.07, 6.45) is 4.13. The lowest BCUT2D eigenvalue weighted by molar-refractivity contribution is 0.0941. The Bertz CT molecular complexity index is 163. The Morgan fingerprint density at radius 2 is 2.40 bits per heavy atom. The second-order valence-electron chi connectivity index (χ2n) is 4.24. The van der Waals surface area contributed by atoms with Gasteiger partial charge in [0, 0.05) is 26.8 Å². The number of hydrogen-bond acceptors (Lipinski definition) is 3. The molecule has 0 radical (unpaired) electrons. The van der Waals surface area contributed by atoms with Gasteiger partial charge in [-0.2, -0.15) is 0 Å². The molecular weight excluding hydrogens is 258 g/mol. The summed E-state index contributed by atoms with van der Waals surface area (Å²) in [5.41, 5.74) is 0. The molecule has 4 heteroatoms. The summed E-state index contributed by atoms with van der Waals surface area (Å²) in [4.78, 5) is 2.76. The maximum atomic E-state index is 5.59. The summed E-state index contributed by atoms with van der Waals surface area (Å²) in [7, 11) is 3.89. The van der Waals surface area contributed by atoms with E-state index >= 15 is 0 Å². The normalized spacial score (nSPS) is 23.6. The molecular formula is C11H22BrNO2. The molecule has 1 heterocycles. The molecule has 1 aliphatic rings. The minimum absolute atomic E-state index is 0.428. The van der Waals surface area contributed by atoms with Crippen molar-refractivity contribution in [1.82, 2.24) is 4.90 Å². The minimum atomic E-state index is 0.428. The van der Waals surface area contributed by atoms with E-state index in [2.05, 4.69) is 27.9 Å². The topological polar surface area (TPSA) is 21.7 Å². The van der Waals surface area contributed by atoms with E-state index in [4.69, 9.17) is 9.47 Å². The van der Waals surface area contributed by atoms with Gasteiger partial charge in [-0.3, -0.25) is 0 Å². The Kier molecular flexibility index (Phi) is 6.81. The average Bonchev–Trinajstić information content (AvgIpc) is 2.67. The van der Waals surface area contributed by atoms with Crippen LogP contribution in [0.1, 0.15) is 19.3 Å². The van der Waals surface area contributed by atoms with Crippen LogP contribution in [0.4, 0.5) is 0 Å². The van der Waals surface area contributed by atoms with Crippen LogP contribution in [-0.2, 0) is 9.47 Å². The molecule has 0 aliphatic carbocycles. The van der Waals surface area contributed by atoms with Gasteiger partial charge < -0.3 is 14.4 Å². The highest BCUT2D eigenvalue weighted by Crippen LogP contribution is 2.15. The lowest BCUT2D eigenvalue weighted by Crippen LogP contribution is -2.30. The van der Waals surface area contributed by atoms with E-state index in [-0.39, 0.29) is 0 Å². The predicted molar refractivity (Wildman–Crippen MR) is 65.7 cm³/mol. The van der Waals surface area contributed by atoms with E-state index in [1.54, 1.807) is 7.11 Å². The quantitative estimate of drug-likeness (QED) is 0.665. The maximum absolute atomic E-state index is 5.59. The van der Waals surface area contributed by atoms with Crippen LogP contribution in [0.3, 0.4) is 0 Å². The second kappa shape index (κ2) is 7.60. The van der Waals surface area contributed by atoms with Crippen molar-refractivity contribution in [2.24, 2.45) is 0 Å². The number of hydrogen-bond donors (Lipinski definition) is 0. The molecule has 0 aromatic rings. The molecule has 90 valence electrons. The summed E-state index contributed by atoms with van der Waals surface area (Å²) in [6.45, 7) is 3.86. The van der Waals surface area contributed by atoms with Crippen LogP contribution in [0.5, 0.6) is 0 Å². The first-order valence-corrected chi connectivity index (χ1v) is 6.57. The first-order chi connectivity index (χ1) is 7.22. The number of alkyl halides is 1. The van der Waals surface area contributed by atoms with Crippen LogP contribution >= 0.6 is 15.9 Å². The molecule has 3 nitrogen and oxygen atoms in total. The van der Waals surface area contributed by atoms with Gasteiger partial charge in [0.1, 0.15) is 0 Å². The van der Waals surface area contributed by atoms with Crippen LogP contribution in [-0.4, -0.2) is 56.3 Å². The van der Waals surface area contributed by atoms with Crippen molar-refractivity contribution in [2.45, 2.75) is 30.2 Å². The zero-order valence-electron chi connectivity index (χ0n) is 9.75. The minimum Gasteiger partial charge on any atom is -0.383 e. The standard InChI is InChI=1S/C11H22BrNO2/c1-13(8-10(12)9-14-2)6-5-11-4-3-7-15-11/h10-11H,3-9H2,1-2H3. The van der Waals surface area contributed by atoms with Crippen molar-refractivity contribution in [3.63, 3.8) is 0 Å². The molecule has 0 amide bonds. The third-order valence-electron chi connectivity index (χ3n) is 2.71. The lowest BCUT2D eigenvalue weighted by atomic mass is 10.2. The lowest BCUT2D eigenvalue weighted by Gasteiger charge is -2.21. The zero-order chi connectivity index (χ0) is 11.1. The van der Waals surface area contributed by atoms with Crippen LogP contribution < -0.4 is 0 Å². The fourth-order valence-corrected chi connectivity index (χ4v) is 2.66. The molecule has 0 N–H and O–H groups in total. The molecule has 0 bridgehead atoms. The molecule has 0 aromatic carbocycles. The molecule has 0 spiro atoms. The molecule has 1 saturated heterocycles. The smallest absolute Gasteiger partial charge is 0.0600 e. The third-order valence-corrected chi connectivity index (χ3v) is 3.27. The Morgan fingerprint density at radius 1 is 1.60 bits per heavy atom. The predicted octanol–water partition coefficient (Wildman–Crippen LogP) is 1.90. The number of nitrogens with zero attached hydrogens (tertiary/aromatic N) is 1. The monoisotopic (exact) mass is 279 g/mol. The number of rotatable bonds is 7. The van der Waals surface area contributed by atoms with E-state index in [1.165, 1.54) is 12.8 Å². The van der Waals surface area contributed by atoms with Crippen molar-refractivity contribution in [1.29, 1.82) is 0 Å². The molecule has 1 rings (SSSR count). The van der Waals surface area contributed by atoms with Gasteiger partial charge in [0.05, 0.1) is 17.5 Å². The summed E-state index contributed by atoms with van der Waals surface area (Å²) in [5, 5.41) is 0. The van der Waals surface area contributed by atoms with Crippen molar-refractivity contribution in [3.05, 3.63) is 0 Å². The van der Waals surface area contributed by atoms with Gasteiger partial charge in [-0.15, -0.1) is 0 Å². The van der Waals surface area contributed by atoms with Crippen LogP contribution in [0.25, 0.3) is 0 Å². The molecule has 0 aromatic heterocycles. The van der Waals surface area contributed by atoms with E-state index in [1.807, 2.05) is 0 Å². The van der Waals surface area contributed by atoms with Crippen molar-refractivity contribution >= 4 is 15.9 Å². The van der Waals surface area contributed by atoms with Crippen LogP contribution in [0.2, 0.25) is 0 Å². The molecule has 2 atom stereocenters. The second-order valence-corrected chi connectivity index (χ2v) is 5.53. The maximum Gasteiger partial charge on any atom is 0.0600 e. The molecule has 1 fully saturated rings. The van der Waals surface area contributed by atoms with Gasteiger partial charge >= 0.3 is 0 Å². The summed E-state index contributed by atoms with van der Waals surface area (Å²) < 4.78 is 10.7. The van der Waals surface area contributed by atoms with E-state index in [0.29, 0.717) is 10.9 Å². The zero-order valence-corrected chi connectivity index (χ0v) is 11.3.